The van der Waals surface area contributed by atoms with E-state index in [2.05, 4.69) is 53.4 Å². The summed E-state index contributed by atoms with van der Waals surface area (Å²) in [6.45, 7) is 3.85. The second-order valence-corrected chi connectivity index (χ2v) is 6.07. The number of aromatic nitrogens is 2. The van der Waals surface area contributed by atoms with E-state index in [0.717, 1.165) is 42.5 Å². The topological polar surface area (TPSA) is 41.0 Å². The van der Waals surface area contributed by atoms with Crippen LogP contribution < -0.4 is 10.2 Å². The second kappa shape index (κ2) is 8.29. The van der Waals surface area contributed by atoms with Crippen molar-refractivity contribution >= 4 is 11.6 Å². The molecule has 4 nitrogen and oxygen atoms in total. The van der Waals surface area contributed by atoms with Gasteiger partial charge in [-0.1, -0.05) is 67.6 Å². The van der Waals surface area contributed by atoms with Crippen molar-refractivity contribution in [1.82, 2.24) is 9.97 Å². The molecule has 0 aliphatic heterocycles. The van der Waals surface area contributed by atoms with Crippen LogP contribution in [-0.2, 0) is 6.54 Å². The van der Waals surface area contributed by atoms with E-state index in [-0.39, 0.29) is 0 Å². The Labute approximate surface area is 149 Å². The van der Waals surface area contributed by atoms with Crippen LogP contribution in [0.15, 0.2) is 66.7 Å². The summed E-state index contributed by atoms with van der Waals surface area (Å²) < 4.78 is 0. The van der Waals surface area contributed by atoms with E-state index >= 15 is 0 Å². The monoisotopic (exact) mass is 332 g/mol. The van der Waals surface area contributed by atoms with Crippen LogP contribution in [0.3, 0.4) is 0 Å². The van der Waals surface area contributed by atoms with Crippen molar-refractivity contribution in [2.75, 3.05) is 23.8 Å². The Kier molecular flexibility index (Phi) is 5.62. The van der Waals surface area contributed by atoms with E-state index < -0.39 is 0 Å². The summed E-state index contributed by atoms with van der Waals surface area (Å²) in [6, 6.07) is 22.6. The third kappa shape index (κ3) is 4.57. The summed E-state index contributed by atoms with van der Waals surface area (Å²) >= 11 is 0. The molecule has 128 valence electrons. The molecule has 3 aromatic rings. The molecule has 0 aliphatic carbocycles. The highest BCUT2D eigenvalue weighted by Crippen LogP contribution is 2.23. The number of nitrogens with one attached hydrogen (secondary N) is 1. The average molecular weight is 332 g/mol. The fourth-order valence-electron chi connectivity index (χ4n) is 2.63. The molecule has 1 heterocycles. The zero-order valence-electron chi connectivity index (χ0n) is 14.8. The van der Waals surface area contributed by atoms with Crippen LogP contribution in [0.2, 0.25) is 0 Å². The third-order valence-corrected chi connectivity index (χ3v) is 3.95. The number of hydrogen-bond acceptors (Lipinski definition) is 4. The molecule has 0 amide bonds. The number of rotatable bonds is 7. The van der Waals surface area contributed by atoms with Crippen LogP contribution in [0.5, 0.6) is 0 Å². The summed E-state index contributed by atoms with van der Waals surface area (Å²) in [4.78, 5) is 11.6. The van der Waals surface area contributed by atoms with E-state index in [1.807, 2.05) is 42.5 Å². The molecule has 0 unspecified atom stereocenters. The van der Waals surface area contributed by atoms with Gasteiger partial charge in [-0.3, -0.25) is 0 Å². The van der Waals surface area contributed by atoms with Gasteiger partial charge in [-0.05, 0) is 12.0 Å². The molecule has 0 aliphatic rings. The lowest BCUT2D eigenvalue weighted by Gasteiger charge is -2.20. The van der Waals surface area contributed by atoms with Crippen molar-refractivity contribution in [3.05, 3.63) is 72.3 Å². The van der Waals surface area contributed by atoms with Crippen LogP contribution in [0.1, 0.15) is 18.9 Å². The highest BCUT2D eigenvalue weighted by molar-refractivity contribution is 5.61. The maximum absolute atomic E-state index is 4.78. The van der Waals surface area contributed by atoms with Crippen LogP contribution in [-0.4, -0.2) is 23.6 Å². The molecule has 4 heteroatoms. The van der Waals surface area contributed by atoms with Crippen molar-refractivity contribution in [1.29, 1.82) is 0 Å². The van der Waals surface area contributed by atoms with Gasteiger partial charge >= 0.3 is 0 Å². The lowest BCUT2D eigenvalue weighted by Crippen LogP contribution is -2.19. The number of nitrogens with zero attached hydrogens (tertiary/aromatic N) is 3. The second-order valence-electron chi connectivity index (χ2n) is 6.07. The Morgan fingerprint density at radius 1 is 0.920 bits per heavy atom. The fourth-order valence-corrected chi connectivity index (χ4v) is 2.63. The molecule has 0 saturated carbocycles. The molecular weight excluding hydrogens is 308 g/mol. The molecule has 0 bridgehead atoms. The first-order valence-electron chi connectivity index (χ1n) is 8.69. The van der Waals surface area contributed by atoms with E-state index in [9.17, 15) is 0 Å². The first-order valence-corrected chi connectivity index (χ1v) is 8.69. The van der Waals surface area contributed by atoms with E-state index in [0.29, 0.717) is 0 Å². The van der Waals surface area contributed by atoms with Crippen molar-refractivity contribution in [2.24, 2.45) is 0 Å². The Morgan fingerprint density at radius 3 is 2.28 bits per heavy atom. The fraction of sp³-hybridized carbons (Fsp3) is 0.238. The zero-order chi connectivity index (χ0) is 17.5. The highest BCUT2D eigenvalue weighted by atomic mass is 15.2. The summed E-state index contributed by atoms with van der Waals surface area (Å²) in [5.41, 5.74) is 2.28. The first kappa shape index (κ1) is 17.0. The van der Waals surface area contributed by atoms with Gasteiger partial charge in [0.25, 0.3) is 0 Å². The zero-order valence-corrected chi connectivity index (χ0v) is 14.8. The Balaban J connectivity index is 1.91. The smallest absolute Gasteiger partial charge is 0.163 e. The van der Waals surface area contributed by atoms with Gasteiger partial charge in [0, 0.05) is 31.8 Å². The number of hydrogen-bond donors (Lipinski definition) is 1. The molecule has 2 aromatic carbocycles. The molecule has 1 aromatic heterocycles. The number of anilines is 2. The van der Waals surface area contributed by atoms with E-state index in [1.54, 1.807) is 0 Å². The predicted molar refractivity (Wildman–Crippen MR) is 105 cm³/mol. The van der Waals surface area contributed by atoms with Gasteiger partial charge in [-0.15, -0.1) is 0 Å². The minimum absolute atomic E-state index is 0.747. The van der Waals surface area contributed by atoms with Gasteiger partial charge < -0.3 is 10.2 Å². The van der Waals surface area contributed by atoms with Crippen molar-refractivity contribution in [3.63, 3.8) is 0 Å². The SMILES string of the molecule is CCCNc1cc(N(C)Cc2ccccc2)nc(-c2ccccc2)n1. The Morgan fingerprint density at radius 2 is 1.60 bits per heavy atom. The summed E-state index contributed by atoms with van der Waals surface area (Å²) in [6.07, 6.45) is 1.06. The van der Waals surface area contributed by atoms with Crippen molar-refractivity contribution < 1.29 is 0 Å². The Bertz CT molecular complexity index is 788. The minimum Gasteiger partial charge on any atom is -0.370 e. The van der Waals surface area contributed by atoms with Gasteiger partial charge in [0.2, 0.25) is 0 Å². The number of benzene rings is 2. The van der Waals surface area contributed by atoms with E-state index in [1.165, 1.54) is 5.56 Å². The summed E-state index contributed by atoms with van der Waals surface area (Å²) in [5, 5.41) is 3.39. The summed E-state index contributed by atoms with van der Waals surface area (Å²) in [5.74, 6) is 2.53. The minimum atomic E-state index is 0.747. The molecule has 0 saturated heterocycles. The van der Waals surface area contributed by atoms with Crippen LogP contribution >= 0.6 is 0 Å². The maximum atomic E-state index is 4.78. The largest absolute Gasteiger partial charge is 0.370 e. The lowest BCUT2D eigenvalue weighted by atomic mass is 10.2. The maximum Gasteiger partial charge on any atom is 0.163 e. The van der Waals surface area contributed by atoms with Gasteiger partial charge in [0.1, 0.15) is 11.6 Å². The van der Waals surface area contributed by atoms with Gasteiger partial charge in [0.05, 0.1) is 0 Å². The Hall–Kier alpha value is -2.88. The standard InChI is InChI=1S/C21H24N4/c1-3-14-22-19-15-20(25(2)16-17-10-6-4-7-11-17)24-21(23-19)18-12-8-5-9-13-18/h4-13,15H,3,14,16H2,1-2H3,(H,22,23,24). The molecule has 0 fully saturated rings. The molecule has 3 rings (SSSR count). The molecule has 25 heavy (non-hydrogen) atoms. The molecule has 0 atom stereocenters. The quantitative estimate of drug-likeness (QED) is 0.686. The molecule has 1 N–H and O–H groups in total. The van der Waals surface area contributed by atoms with Gasteiger partial charge in [-0.25, -0.2) is 9.97 Å². The van der Waals surface area contributed by atoms with Gasteiger partial charge in [0.15, 0.2) is 5.82 Å². The van der Waals surface area contributed by atoms with Crippen LogP contribution in [0, 0.1) is 0 Å². The molecule has 0 spiro atoms. The van der Waals surface area contributed by atoms with Crippen LogP contribution in [0.4, 0.5) is 11.6 Å². The third-order valence-electron chi connectivity index (χ3n) is 3.95. The van der Waals surface area contributed by atoms with Crippen molar-refractivity contribution in [2.45, 2.75) is 19.9 Å². The summed E-state index contributed by atoms with van der Waals surface area (Å²) in [7, 11) is 2.06. The van der Waals surface area contributed by atoms with Crippen molar-refractivity contribution in [3.8, 4) is 11.4 Å². The van der Waals surface area contributed by atoms with Gasteiger partial charge in [-0.2, -0.15) is 0 Å². The van der Waals surface area contributed by atoms with E-state index in [4.69, 9.17) is 4.98 Å². The highest BCUT2D eigenvalue weighted by Gasteiger charge is 2.10. The van der Waals surface area contributed by atoms with Crippen LogP contribution in [0.25, 0.3) is 11.4 Å². The average Bonchev–Trinajstić information content (AvgIpc) is 2.67. The lowest BCUT2D eigenvalue weighted by molar-refractivity contribution is 0.890. The normalized spacial score (nSPS) is 10.5. The molecular formula is C21H24N4. The molecule has 0 radical (unpaired) electrons. The predicted octanol–water partition coefficient (Wildman–Crippen LogP) is 4.60. The first-order chi connectivity index (χ1) is 12.3.